The molecule has 0 saturated carbocycles. The summed E-state index contributed by atoms with van der Waals surface area (Å²) in [4.78, 5) is 13.6. The highest BCUT2D eigenvalue weighted by atomic mass is 16.3. The molecule has 5 heteroatoms. The van der Waals surface area contributed by atoms with Gasteiger partial charge in [0.15, 0.2) is 0 Å². The highest BCUT2D eigenvalue weighted by molar-refractivity contribution is 5.49. The van der Waals surface area contributed by atoms with Crippen molar-refractivity contribution in [3.63, 3.8) is 0 Å². The molecule has 112 valence electrons. The van der Waals surface area contributed by atoms with E-state index in [2.05, 4.69) is 33.7 Å². The van der Waals surface area contributed by atoms with Crippen LogP contribution < -0.4 is 4.90 Å². The van der Waals surface area contributed by atoms with E-state index in [4.69, 9.17) is 4.42 Å². The van der Waals surface area contributed by atoms with E-state index in [1.165, 1.54) is 16.8 Å². The monoisotopic (exact) mass is 286 g/mol. The third kappa shape index (κ3) is 2.78. The number of furan rings is 1. The molecule has 3 heterocycles. The molecule has 0 aromatic carbocycles. The fourth-order valence-electron chi connectivity index (χ4n) is 2.89. The third-order valence-electron chi connectivity index (χ3n) is 4.24. The van der Waals surface area contributed by atoms with Crippen molar-refractivity contribution in [3.8, 4) is 0 Å². The fourth-order valence-corrected chi connectivity index (χ4v) is 2.89. The molecule has 0 unspecified atom stereocenters. The van der Waals surface area contributed by atoms with Gasteiger partial charge in [0, 0.05) is 44.2 Å². The van der Waals surface area contributed by atoms with E-state index in [0.29, 0.717) is 0 Å². The average Bonchev–Trinajstić information content (AvgIpc) is 2.91. The van der Waals surface area contributed by atoms with Crippen molar-refractivity contribution < 1.29 is 4.42 Å². The lowest BCUT2D eigenvalue weighted by Crippen LogP contribution is -2.33. The maximum absolute atomic E-state index is 5.38. The van der Waals surface area contributed by atoms with Gasteiger partial charge in [0.05, 0.1) is 12.0 Å². The van der Waals surface area contributed by atoms with Crippen molar-refractivity contribution in [1.82, 2.24) is 14.9 Å². The van der Waals surface area contributed by atoms with Gasteiger partial charge in [-0.2, -0.15) is 0 Å². The quantitative estimate of drug-likeness (QED) is 0.863. The summed E-state index contributed by atoms with van der Waals surface area (Å²) in [7, 11) is 2.08. The number of aromatic nitrogens is 2. The summed E-state index contributed by atoms with van der Waals surface area (Å²) in [5, 5.41) is 0. The summed E-state index contributed by atoms with van der Waals surface area (Å²) < 4.78 is 5.38. The average molecular weight is 286 g/mol. The predicted octanol–water partition coefficient (Wildman–Crippen LogP) is 2.39. The molecule has 0 radical (unpaired) electrons. The summed E-state index contributed by atoms with van der Waals surface area (Å²) in [6.45, 7) is 8.10. The minimum absolute atomic E-state index is 0.803. The van der Waals surface area contributed by atoms with E-state index in [-0.39, 0.29) is 0 Å². The molecule has 1 aliphatic heterocycles. The Labute approximate surface area is 125 Å². The highest BCUT2D eigenvalue weighted by Crippen LogP contribution is 2.26. The SMILES string of the molecule is CCN1CCc2ncnc(N(C)Cc3ccoc3C)c2C1. The van der Waals surface area contributed by atoms with E-state index in [1.807, 2.05) is 13.0 Å². The Kier molecular flexibility index (Phi) is 3.92. The molecule has 2 aromatic rings. The number of likely N-dealkylation sites (N-methyl/N-ethyl adjacent to an activating group) is 1. The van der Waals surface area contributed by atoms with Gasteiger partial charge in [0.1, 0.15) is 17.9 Å². The van der Waals surface area contributed by atoms with E-state index in [9.17, 15) is 0 Å². The van der Waals surface area contributed by atoms with Gasteiger partial charge in [0.25, 0.3) is 0 Å². The number of fused-ring (bicyclic) bond motifs is 1. The van der Waals surface area contributed by atoms with E-state index in [0.717, 1.165) is 44.2 Å². The number of nitrogens with zero attached hydrogens (tertiary/aromatic N) is 4. The normalized spacial score (nSPS) is 15.0. The van der Waals surface area contributed by atoms with Gasteiger partial charge in [0.2, 0.25) is 0 Å². The van der Waals surface area contributed by atoms with Gasteiger partial charge in [-0.3, -0.25) is 4.90 Å². The minimum atomic E-state index is 0.803. The molecule has 0 atom stereocenters. The Morgan fingerprint density at radius 2 is 2.24 bits per heavy atom. The molecule has 0 N–H and O–H groups in total. The second-order valence-electron chi connectivity index (χ2n) is 5.60. The van der Waals surface area contributed by atoms with Crippen LogP contribution in [0.2, 0.25) is 0 Å². The summed E-state index contributed by atoms with van der Waals surface area (Å²) in [5.41, 5.74) is 3.67. The highest BCUT2D eigenvalue weighted by Gasteiger charge is 2.22. The van der Waals surface area contributed by atoms with Crippen molar-refractivity contribution in [2.24, 2.45) is 0 Å². The maximum Gasteiger partial charge on any atom is 0.136 e. The Morgan fingerprint density at radius 3 is 2.95 bits per heavy atom. The second kappa shape index (κ2) is 5.85. The third-order valence-corrected chi connectivity index (χ3v) is 4.24. The Balaban J connectivity index is 1.87. The van der Waals surface area contributed by atoms with E-state index >= 15 is 0 Å². The summed E-state index contributed by atoms with van der Waals surface area (Å²) in [6, 6.07) is 2.03. The molecule has 1 aliphatic rings. The summed E-state index contributed by atoms with van der Waals surface area (Å²) in [5.74, 6) is 2.01. The van der Waals surface area contributed by atoms with Crippen molar-refractivity contribution in [2.75, 3.05) is 25.0 Å². The van der Waals surface area contributed by atoms with E-state index < -0.39 is 0 Å². The van der Waals surface area contributed by atoms with Crippen LogP contribution >= 0.6 is 0 Å². The van der Waals surface area contributed by atoms with Gasteiger partial charge in [-0.15, -0.1) is 0 Å². The maximum atomic E-state index is 5.38. The van der Waals surface area contributed by atoms with Gasteiger partial charge in [-0.25, -0.2) is 9.97 Å². The first-order chi connectivity index (χ1) is 10.2. The van der Waals surface area contributed by atoms with Crippen LogP contribution in [0.15, 0.2) is 23.1 Å². The molecule has 0 aliphatic carbocycles. The molecular weight excluding hydrogens is 264 g/mol. The lowest BCUT2D eigenvalue weighted by molar-refractivity contribution is 0.265. The zero-order valence-electron chi connectivity index (χ0n) is 13.0. The molecule has 0 fully saturated rings. The van der Waals surface area contributed by atoms with Crippen LogP contribution in [-0.2, 0) is 19.5 Å². The van der Waals surface area contributed by atoms with Crippen molar-refractivity contribution in [1.29, 1.82) is 0 Å². The van der Waals surface area contributed by atoms with Gasteiger partial charge in [-0.05, 0) is 19.5 Å². The fraction of sp³-hybridized carbons (Fsp3) is 0.500. The second-order valence-corrected chi connectivity index (χ2v) is 5.60. The van der Waals surface area contributed by atoms with Gasteiger partial charge < -0.3 is 9.32 Å². The summed E-state index contributed by atoms with van der Waals surface area (Å²) in [6.07, 6.45) is 4.44. The molecular formula is C16H22N4O. The predicted molar refractivity (Wildman–Crippen MR) is 82.2 cm³/mol. The number of rotatable bonds is 4. The van der Waals surface area contributed by atoms with Crippen LogP contribution in [-0.4, -0.2) is 35.0 Å². The van der Waals surface area contributed by atoms with Crippen LogP contribution in [0.1, 0.15) is 29.5 Å². The number of hydrogen-bond acceptors (Lipinski definition) is 5. The molecule has 0 bridgehead atoms. The first-order valence-corrected chi connectivity index (χ1v) is 7.48. The van der Waals surface area contributed by atoms with Crippen LogP contribution in [0.5, 0.6) is 0 Å². The smallest absolute Gasteiger partial charge is 0.136 e. The van der Waals surface area contributed by atoms with Crippen molar-refractivity contribution >= 4 is 5.82 Å². The molecule has 0 amide bonds. The number of aryl methyl sites for hydroxylation is 1. The molecule has 0 saturated heterocycles. The zero-order chi connectivity index (χ0) is 14.8. The van der Waals surface area contributed by atoms with Crippen LogP contribution in [0, 0.1) is 6.92 Å². The standard InChI is InChI=1S/C16H22N4O/c1-4-20-7-5-15-14(10-20)16(18-11-17-15)19(3)9-13-6-8-21-12(13)2/h6,8,11H,4-5,7,9-10H2,1-3H3. The van der Waals surface area contributed by atoms with E-state index in [1.54, 1.807) is 12.6 Å². The van der Waals surface area contributed by atoms with Gasteiger partial charge in [-0.1, -0.05) is 6.92 Å². The Morgan fingerprint density at radius 1 is 1.38 bits per heavy atom. The lowest BCUT2D eigenvalue weighted by Gasteiger charge is -2.30. The minimum Gasteiger partial charge on any atom is -0.469 e. The first-order valence-electron chi connectivity index (χ1n) is 7.48. The first kappa shape index (κ1) is 14.1. The van der Waals surface area contributed by atoms with Crippen molar-refractivity contribution in [3.05, 3.63) is 41.2 Å². The Hall–Kier alpha value is -1.88. The lowest BCUT2D eigenvalue weighted by atomic mass is 10.1. The number of anilines is 1. The van der Waals surface area contributed by atoms with Crippen LogP contribution in [0.4, 0.5) is 5.82 Å². The zero-order valence-corrected chi connectivity index (χ0v) is 13.0. The molecule has 5 nitrogen and oxygen atoms in total. The topological polar surface area (TPSA) is 45.4 Å². The largest absolute Gasteiger partial charge is 0.469 e. The Bertz CT molecular complexity index is 622. The van der Waals surface area contributed by atoms with Gasteiger partial charge >= 0.3 is 0 Å². The summed E-state index contributed by atoms with van der Waals surface area (Å²) >= 11 is 0. The molecule has 2 aromatic heterocycles. The van der Waals surface area contributed by atoms with Crippen LogP contribution in [0.3, 0.4) is 0 Å². The van der Waals surface area contributed by atoms with Crippen molar-refractivity contribution in [2.45, 2.75) is 33.4 Å². The number of hydrogen-bond donors (Lipinski definition) is 0. The van der Waals surface area contributed by atoms with Crippen LogP contribution in [0.25, 0.3) is 0 Å². The molecule has 0 spiro atoms. The molecule has 21 heavy (non-hydrogen) atoms. The molecule has 3 rings (SSSR count).